The second-order valence-electron chi connectivity index (χ2n) is 5.52. The molecule has 1 fully saturated rings. The van der Waals surface area contributed by atoms with Crippen molar-refractivity contribution in [1.29, 1.82) is 0 Å². The van der Waals surface area contributed by atoms with E-state index in [0.29, 0.717) is 6.04 Å². The number of halogens is 1. The Kier molecular flexibility index (Phi) is 5.46. The molecular weight excluding hydrogens is 318 g/mol. The van der Waals surface area contributed by atoms with Crippen LogP contribution in [0, 0.1) is 6.92 Å². The number of nitrogens with zero attached hydrogens (tertiary/aromatic N) is 1. The number of likely N-dealkylation sites (N-methyl/N-ethyl adjacent to an activating group) is 1. The van der Waals surface area contributed by atoms with Crippen molar-refractivity contribution in [2.75, 3.05) is 13.7 Å². The van der Waals surface area contributed by atoms with E-state index in [1.54, 1.807) is 0 Å². The number of rotatable bonds is 4. The molecule has 0 saturated heterocycles. The first kappa shape index (κ1) is 15.4. The molecule has 1 aliphatic carbocycles. The van der Waals surface area contributed by atoms with Gasteiger partial charge in [-0.05, 0) is 53.4 Å². The maximum atomic E-state index is 12.2. The predicted molar refractivity (Wildman–Crippen MR) is 84.0 cm³/mol. The maximum absolute atomic E-state index is 12.2. The highest BCUT2D eigenvalue weighted by Gasteiger charge is 2.22. The van der Waals surface area contributed by atoms with Crippen molar-refractivity contribution in [1.82, 2.24) is 4.90 Å². The molecule has 110 valence electrons. The summed E-state index contributed by atoms with van der Waals surface area (Å²) in [6, 6.07) is 6.26. The van der Waals surface area contributed by atoms with E-state index in [2.05, 4.69) is 15.9 Å². The summed E-state index contributed by atoms with van der Waals surface area (Å²) in [4.78, 5) is 14.0. The van der Waals surface area contributed by atoms with Crippen molar-refractivity contribution >= 4 is 21.8 Å². The van der Waals surface area contributed by atoms with E-state index in [9.17, 15) is 4.79 Å². The van der Waals surface area contributed by atoms with Crippen LogP contribution in [0.1, 0.15) is 37.7 Å². The third-order valence-corrected chi connectivity index (χ3v) is 4.57. The van der Waals surface area contributed by atoms with E-state index < -0.39 is 0 Å². The Morgan fingerprint density at radius 1 is 1.35 bits per heavy atom. The van der Waals surface area contributed by atoms with Gasteiger partial charge in [0.2, 0.25) is 0 Å². The Bertz CT molecular complexity index is 470. The van der Waals surface area contributed by atoms with Gasteiger partial charge >= 0.3 is 0 Å². The van der Waals surface area contributed by atoms with Crippen molar-refractivity contribution in [3.8, 4) is 5.75 Å². The zero-order valence-electron chi connectivity index (χ0n) is 12.2. The Morgan fingerprint density at radius 2 is 2.05 bits per heavy atom. The molecule has 0 unspecified atom stereocenters. The van der Waals surface area contributed by atoms with Crippen LogP contribution in [0.2, 0.25) is 0 Å². The SMILES string of the molecule is Cc1ccc(OCC(=O)N(C)C2CCCCC2)c(Br)c1. The van der Waals surface area contributed by atoms with Crippen molar-refractivity contribution in [2.24, 2.45) is 0 Å². The minimum absolute atomic E-state index is 0.0596. The van der Waals surface area contributed by atoms with Crippen LogP contribution in [0.25, 0.3) is 0 Å². The molecule has 1 amide bonds. The van der Waals surface area contributed by atoms with Crippen molar-refractivity contribution in [2.45, 2.75) is 45.1 Å². The van der Waals surface area contributed by atoms with Gasteiger partial charge in [-0.2, -0.15) is 0 Å². The fraction of sp³-hybridized carbons (Fsp3) is 0.562. The van der Waals surface area contributed by atoms with Gasteiger partial charge < -0.3 is 9.64 Å². The molecule has 1 aliphatic rings. The zero-order valence-corrected chi connectivity index (χ0v) is 13.8. The molecule has 0 N–H and O–H groups in total. The van der Waals surface area contributed by atoms with Crippen molar-refractivity contribution < 1.29 is 9.53 Å². The minimum Gasteiger partial charge on any atom is -0.483 e. The number of carbonyl (C=O) groups excluding carboxylic acids is 1. The van der Waals surface area contributed by atoms with Gasteiger partial charge in [-0.3, -0.25) is 4.79 Å². The molecule has 0 aliphatic heterocycles. The lowest BCUT2D eigenvalue weighted by Crippen LogP contribution is -2.40. The predicted octanol–water partition coefficient (Wildman–Crippen LogP) is 3.93. The van der Waals surface area contributed by atoms with Crippen LogP contribution in [0.4, 0.5) is 0 Å². The average Bonchev–Trinajstić information content (AvgIpc) is 2.46. The van der Waals surface area contributed by atoms with Gasteiger partial charge in [-0.1, -0.05) is 25.3 Å². The molecule has 1 aromatic carbocycles. The summed E-state index contributed by atoms with van der Waals surface area (Å²) in [6.07, 6.45) is 6.00. The fourth-order valence-corrected chi connectivity index (χ4v) is 3.24. The summed E-state index contributed by atoms with van der Waals surface area (Å²) in [6.45, 7) is 2.13. The molecule has 3 nitrogen and oxygen atoms in total. The summed E-state index contributed by atoms with van der Waals surface area (Å²) in [7, 11) is 1.89. The van der Waals surface area contributed by atoms with Gasteiger partial charge in [0.15, 0.2) is 6.61 Å². The lowest BCUT2D eigenvalue weighted by Gasteiger charge is -2.31. The summed E-state index contributed by atoms with van der Waals surface area (Å²) in [5.74, 6) is 0.783. The zero-order chi connectivity index (χ0) is 14.5. The quantitative estimate of drug-likeness (QED) is 0.831. The number of benzene rings is 1. The Hall–Kier alpha value is -1.03. The molecule has 0 radical (unpaired) electrons. The monoisotopic (exact) mass is 339 g/mol. The second-order valence-corrected chi connectivity index (χ2v) is 6.37. The molecule has 20 heavy (non-hydrogen) atoms. The van der Waals surface area contributed by atoms with Crippen LogP contribution in [-0.2, 0) is 4.79 Å². The first-order chi connectivity index (χ1) is 9.58. The molecular formula is C16H22BrNO2. The van der Waals surface area contributed by atoms with E-state index in [0.717, 1.165) is 28.6 Å². The molecule has 1 saturated carbocycles. The fourth-order valence-electron chi connectivity index (χ4n) is 2.64. The highest BCUT2D eigenvalue weighted by Crippen LogP contribution is 2.26. The van der Waals surface area contributed by atoms with E-state index >= 15 is 0 Å². The normalized spacial score (nSPS) is 15.9. The van der Waals surface area contributed by atoms with Crippen LogP contribution in [0.3, 0.4) is 0 Å². The summed E-state index contributed by atoms with van der Waals surface area (Å²) in [5, 5.41) is 0. The van der Waals surface area contributed by atoms with Gasteiger partial charge in [-0.25, -0.2) is 0 Å². The number of aryl methyl sites for hydroxylation is 1. The third-order valence-electron chi connectivity index (χ3n) is 3.95. The Labute approximate surface area is 129 Å². The molecule has 2 rings (SSSR count). The molecule has 0 aromatic heterocycles. The van der Waals surface area contributed by atoms with Gasteiger partial charge in [0.05, 0.1) is 4.47 Å². The number of hydrogen-bond acceptors (Lipinski definition) is 2. The van der Waals surface area contributed by atoms with Crippen LogP contribution in [-0.4, -0.2) is 30.5 Å². The number of carbonyl (C=O) groups is 1. The minimum atomic E-state index is 0.0596. The van der Waals surface area contributed by atoms with Gasteiger partial charge in [-0.15, -0.1) is 0 Å². The largest absolute Gasteiger partial charge is 0.483 e. The van der Waals surface area contributed by atoms with Crippen LogP contribution >= 0.6 is 15.9 Å². The van der Waals surface area contributed by atoms with Crippen molar-refractivity contribution in [3.05, 3.63) is 28.2 Å². The highest BCUT2D eigenvalue weighted by molar-refractivity contribution is 9.10. The van der Waals surface area contributed by atoms with E-state index in [1.807, 2.05) is 37.1 Å². The Morgan fingerprint density at radius 3 is 2.70 bits per heavy atom. The molecule has 4 heteroatoms. The van der Waals surface area contributed by atoms with E-state index in [-0.39, 0.29) is 12.5 Å². The van der Waals surface area contributed by atoms with E-state index in [1.165, 1.54) is 19.3 Å². The average molecular weight is 340 g/mol. The summed E-state index contributed by atoms with van der Waals surface area (Å²) in [5.41, 5.74) is 1.16. The van der Waals surface area contributed by atoms with Gasteiger partial charge in [0.25, 0.3) is 5.91 Å². The smallest absolute Gasteiger partial charge is 0.260 e. The maximum Gasteiger partial charge on any atom is 0.260 e. The van der Waals surface area contributed by atoms with Crippen LogP contribution in [0.15, 0.2) is 22.7 Å². The molecule has 0 bridgehead atoms. The lowest BCUT2D eigenvalue weighted by atomic mass is 9.94. The number of amides is 1. The van der Waals surface area contributed by atoms with E-state index in [4.69, 9.17) is 4.74 Å². The standard InChI is InChI=1S/C16H22BrNO2/c1-12-8-9-15(14(17)10-12)20-11-16(19)18(2)13-6-4-3-5-7-13/h8-10,13H,3-7,11H2,1-2H3. The summed E-state index contributed by atoms with van der Waals surface area (Å²) >= 11 is 3.46. The molecule has 0 heterocycles. The molecule has 0 atom stereocenters. The number of hydrogen-bond donors (Lipinski definition) is 0. The van der Waals surface area contributed by atoms with Crippen LogP contribution in [0.5, 0.6) is 5.75 Å². The van der Waals surface area contributed by atoms with Crippen molar-refractivity contribution in [3.63, 3.8) is 0 Å². The third kappa shape index (κ3) is 3.98. The van der Waals surface area contributed by atoms with Gasteiger partial charge in [0, 0.05) is 13.1 Å². The molecule has 0 spiro atoms. The second kappa shape index (κ2) is 7.11. The lowest BCUT2D eigenvalue weighted by molar-refractivity contribution is -0.134. The first-order valence-corrected chi connectivity index (χ1v) is 8.02. The van der Waals surface area contributed by atoms with Crippen LogP contribution < -0.4 is 4.74 Å². The Balaban J connectivity index is 1.87. The highest BCUT2D eigenvalue weighted by atomic mass is 79.9. The molecule has 1 aromatic rings. The number of ether oxygens (including phenoxy) is 1. The summed E-state index contributed by atoms with van der Waals surface area (Å²) < 4.78 is 6.52. The topological polar surface area (TPSA) is 29.5 Å². The van der Waals surface area contributed by atoms with Gasteiger partial charge in [0.1, 0.15) is 5.75 Å². The first-order valence-electron chi connectivity index (χ1n) is 7.22.